The molecule has 1 fully saturated rings. The average Bonchev–Trinajstić information content (AvgIpc) is 3.15. The van der Waals surface area contributed by atoms with Gasteiger partial charge in [0.15, 0.2) is 5.82 Å². The summed E-state index contributed by atoms with van der Waals surface area (Å²) < 4.78 is 5.27. The van der Waals surface area contributed by atoms with Crippen LogP contribution in [-0.2, 0) is 5.41 Å². The van der Waals surface area contributed by atoms with E-state index >= 15 is 0 Å². The highest BCUT2D eigenvalue weighted by Gasteiger charge is 2.30. The zero-order valence-electron chi connectivity index (χ0n) is 12.3. The van der Waals surface area contributed by atoms with Crippen molar-refractivity contribution >= 4 is 0 Å². The Balaban J connectivity index is 1.80. The van der Waals surface area contributed by atoms with E-state index in [1.807, 2.05) is 0 Å². The van der Waals surface area contributed by atoms with Crippen molar-refractivity contribution in [3.8, 4) is 0 Å². The van der Waals surface area contributed by atoms with Gasteiger partial charge < -0.3 is 10.3 Å². The van der Waals surface area contributed by atoms with Crippen molar-refractivity contribution in [1.29, 1.82) is 0 Å². The molecule has 0 bridgehead atoms. The SMILES string of the molecule is CC(C)(C)c1ccc(C(N)c2noc(C3CC3)n2)cc1. The Kier molecular flexibility index (Phi) is 3.13. The van der Waals surface area contributed by atoms with Gasteiger partial charge in [0.1, 0.15) is 0 Å². The van der Waals surface area contributed by atoms with Crippen LogP contribution >= 0.6 is 0 Å². The zero-order valence-corrected chi connectivity index (χ0v) is 12.3. The summed E-state index contributed by atoms with van der Waals surface area (Å²) in [6.07, 6.45) is 2.30. The summed E-state index contributed by atoms with van der Waals surface area (Å²) in [7, 11) is 0. The number of rotatable bonds is 3. The Bertz CT molecular complexity index is 591. The van der Waals surface area contributed by atoms with E-state index in [0.717, 1.165) is 24.3 Å². The summed E-state index contributed by atoms with van der Waals surface area (Å²) in [6.45, 7) is 6.59. The van der Waals surface area contributed by atoms with Crippen LogP contribution in [-0.4, -0.2) is 10.1 Å². The van der Waals surface area contributed by atoms with Gasteiger partial charge in [0.2, 0.25) is 5.89 Å². The van der Waals surface area contributed by atoms with E-state index in [1.165, 1.54) is 5.56 Å². The van der Waals surface area contributed by atoms with Crippen LogP contribution in [0.25, 0.3) is 0 Å². The minimum absolute atomic E-state index is 0.147. The van der Waals surface area contributed by atoms with Crippen molar-refractivity contribution in [2.24, 2.45) is 5.73 Å². The molecule has 2 aromatic rings. The van der Waals surface area contributed by atoms with Crippen LogP contribution in [0.3, 0.4) is 0 Å². The molecule has 20 heavy (non-hydrogen) atoms. The third-order valence-corrected chi connectivity index (χ3v) is 3.80. The summed E-state index contributed by atoms with van der Waals surface area (Å²) in [4.78, 5) is 4.42. The van der Waals surface area contributed by atoms with Crippen LogP contribution < -0.4 is 5.73 Å². The molecule has 1 saturated carbocycles. The standard InChI is InChI=1S/C16H21N3O/c1-16(2,3)12-8-6-10(7-9-12)13(17)14-18-15(20-19-14)11-4-5-11/h6-9,11,13H,4-5,17H2,1-3H3. The lowest BCUT2D eigenvalue weighted by Gasteiger charge is -2.19. The molecule has 4 nitrogen and oxygen atoms in total. The lowest BCUT2D eigenvalue weighted by atomic mass is 9.86. The Morgan fingerprint density at radius 3 is 2.40 bits per heavy atom. The van der Waals surface area contributed by atoms with E-state index in [0.29, 0.717) is 11.7 Å². The van der Waals surface area contributed by atoms with Gasteiger partial charge in [0, 0.05) is 5.92 Å². The van der Waals surface area contributed by atoms with Crippen molar-refractivity contribution in [1.82, 2.24) is 10.1 Å². The van der Waals surface area contributed by atoms with Gasteiger partial charge in [-0.1, -0.05) is 50.2 Å². The van der Waals surface area contributed by atoms with Crippen molar-refractivity contribution < 1.29 is 4.52 Å². The maximum Gasteiger partial charge on any atom is 0.229 e. The number of hydrogen-bond donors (Lipinski definition) is 1. The Morgan fingerprint density at radius 2 is 1.85 bits per heavy atom. The van der Waals surface area contributed by atoms with Crippen LogP contribution in [0, 0.1) is 0 Å². The third kappa shape index (κ3) is 2.61. The summed E-state index contributed by atoms with van der Waals surface area (Å²) in [5.41, 5.74) is 8.68. The molecule has 4 heteroatoms. The maximum atomic E-state index is 6.22. The van der Waals surface area contributed by atoms with Gasteiger partial charge in [0.05, 0.1) is 6.04 Å². The van der Waals surface area contributed by atoms with Gasteiger partial charge in [-0.05, 0) is 29.4 Å². The molecule has 1 aromatic heterocycles. The first kappa shape index (κ1) is 13.3. The van der Waals surface area contributed by atoms with Gasteiger partial charge in [-0.15, -0.1) is 0 Å². The second-order valence-corrected chi connectivity index (χ2v) is 6.61. The van der Waals surface area contributed by atoms with Crippen molar-refractivity contribution in [2.75, 3.05) is 0 Å². The summed E-state index contributed by atoms with van der Waals surface area (Å²) in [5.74, 6) is 1.78. The van der Waals surface area contributed by atoms with Gasteiger partial charge in [-0.25, -0.2) is 0 Å². The lowest BCUT2D eigenvalue weighted by Crippen LogP contribution is -2.15. The number of aromatic nitrogens is 2. The molecule has 0 spiro atoms. The molecule has 1 aliphatic rings. The second kappa shape index (κ2) is 4.70. The normalized spacial score (nSPS) is 17.2. The molecule has 1 atom stereocenters. The molecular weight excluding hydrogens is 250 g/mol. The number of benzene rings is 1. The van der Waals surface area contributed by atoms with Crippen LogP contribution in [0.4, 0.5) is 0 Å². The smallest absolute Gasteiger partial charge is 0.229 e. The highest BCUT2D eigenvalue weighted by atomic mass is 16.5. The highest BCUT2D eigenvalue weighted by Crippen LogP contribution is 2.39. The molecule has 1 heterocycles. The largest absolute Gasteiger partial charge is 0.339 e. The predicted molar refractivity (Wildman–Crippen MR) is 77.4 cm³/mol. The average molecular weight is 271 g/mol. The quantitative estimate of drug-likeness (QED) is 0.930. The van der Waals surface area contributed by atoms with Gasteiger partial charge in [-0.2, -0.15) is 4.98 Å². The highest BCUT2D eigenvalue weighted by molar-refractivity contribution is 5.31. The molecule has 1 aromatic carbocycles. The fourth-order valence-corrected chi connectivity index (χ4v) is 2.21. The van der Waals surface area contributed by atoms with Crippen LogP contribution in [0.2, 0.25) is 0 Å². The zero-order chi connectivity index (χ0) is 14.3. The fourth-order valence-electron chi connectivity index (χ4n) is 2.21. The van der Waals surface area contributed by atoms with E-state index in [1.54, 1.807) is 0 Å². The van der Waals surface area contributed by atoms with Crippen LogP contribution in [0.5, 0.6) is 0 Å². The van der Waals surface area contributed by atoms with E-state index in [9.17, 15) is 0 Å². The molecule has 1 unspecified atom stereocenters. The molecule has 0 radical (unpaired) electrons. The topological polar surface area (TPSA) is 64.9 Å². The van der Waals surface area contributed by atoms with E-state index in [-0.39, 0.29) is 11.5 Å². The number of nitrogens with zero attached hydrogens (tertiary/aromatic N) is 2. The second-order valence-electron chi connectivity index (χ2n) is 6.61. The van der Waals surface area contributed by atoms with Gasteiger partial charge in [-0.3, -0.25) is 0 Å². The van der Waals surface area contributed by atoms with Crippen molar-refractivity contribution in [3.63, 3.8) is 0 Å². The Labute approximate surface area is 119 Å². The minimum atomic E-state index is -0.319. The van der Waals surface area contributed by atoms with Gasteiger partial charge in [0.25, 0.3) is 0 Å². The Morgan fingerprint density at radius 1 is 1.20 bits per heavy atom. The minimum Gasteiger partial charge on any atom is -0.339 e. The summed E-state index contributed by atoms with van der Waals surface area (Å²) in [5, 5.41) is 4.01. The van der Waals surface area contributed by atoms with E-state index in [2.05, 4.69) is 55.2 Å². The maximum absolute atomic E-state index is 6.22. The van der Waals surface area contributed by atoms with E-state index in [4.69, 9.17) is 10.3 Å². The van der Waals surface area contributed by atoms with Crippen molar-refractivity contribution in [3.05, 3.63) is 47.1 Å². The number of hydrogen-bond acceptors (Lipinski definition) is 4. The number of nitrogens with two attached hydrogens (primary N) is 1. The monoisotopic (exact) mass is 271 g/mol. The third-order valence-electron chi connectivity index (χ3n) is 3.80. The molecule has 0 saturated heterocycles. The molecular formula is C16H21N3O. The first-order valence-corrected chi connectivity index (χ1v) is 7.14. The molecule has 2 N–H and O–H groups in total. The fraction of sp³-hybridized carbons (Fsp3) is 0.500. The molecule has 0 aliphatic heterocycles. The summed E-state index contributed by atoms with van der Waals surface area (Å²) >= 11 is 0. The molecule has 3 rings (SSSR count). The van der Waals surface area contributed by atoms with Crippen molar-refractivity contribution in [2.45, 2.75) is 51.0 Å². The van der Waals surface area contributed by atoms with Crippen LogP contribution in [0.1, 0.15) is 68.4 Å². The first-order chi connectivity index (χ1) is 9.45. The van der Waals surface area contributed by atoms with Crippen LogP contribution in [0.15, 0.2) is 28.8 Å². The van der Waals surface area contributed by atoms with Gasteiger partial charge >= 0.3 is 0 Å². The molecule has 1 aliphatic carbocycles. The Hall–Kier alpha value is -1.68. The predicted octanol–water partition coefficient (Wildman–Crippen LogP) is 3.29. The molecule has 106 valence electrons. The first-order valence-electron chi connectivity index (χ1n) is 7.14. The summed E-state index contributed by atoms with van der Waals surface area (Å²) in [6, 6.07) is 8.03. The lowest BCUT2D eigenvalue weighted by molar-refractivity contribution is 0.372. The molecule has 0 amide bonds. The van der Waals surface area contributed by atoms with E-state index < -0.39 is 0 Å².